The van der Waals surface area contributed by atoms with Gasteiger partial charge in [-0.15, -0.1) is 0 Å². The molecule has 1 heterocycles. The molecule has 1 aliphatic carbocycles. The molecule has 0 aromatic carbocycles. The summed E-state index contributed by atoms with van der Waals surface area (Å²) in [5.41, 5.74) is 1.70. The molecule has 3 nitrogen and oxygen atoms in total. The second-order valence-corrected chi connectivity index (χ2v) is 4.97. The number of hydrogen-bond donors (Lipinski definition) is 1. The Bertz CT molecular complexity index is 415. The lowest BCUT2D eigenvalue weighted by Crippen LogP contribution is -2.26. The molecule has 1 N–H and O–H groups in total. The van der Waals surface area contributed by atoms with Crippen LogP contribution in [0.25, 0.3) is 0 Å². The Morgan fingerprint density at radius 2 is 2.31 bits per heavy atom. The Balaban J connectivity index is 2.45. The maximum Gasteiger partial charge on any atom is 0.255 e. The van der Waals surface area contributed by atoms with E-state index >= 15 is 0 Å². The topological polar surface area (TPSA) is 46.2 Å². The van der Waals surface area contributed by atoms with Gasteiger partial charge in [-0.1, -0.05) is 19.1 Å². The monoisotopic (exact) mass is 197 g/mol. The lowest BCUT2D eigenvalue weighted by Gasteiger charge is -2.21. The zero-order chi connectivity index (χ0) is 9.47. The largest absolute Gasteiger partial charge is 0.280 e. The average molecular weight is 197 g/mol. The van der Waals surface area contributed by atoms with Gasteiger partial charge in [-0.25, -0.2) is 8.42 Å². The van der Waals surface area contributed by atoms with E-state index in [2.05, 4.69) is 17.7 Å². The van der Waals surface area contributed by atoms with E-state index in [1.54, 1.807) is 6.08 Å². The maximum atomic E-state index is 11.1. The van der Waals surface area contributed by atoms with Gasteiger partial charge in [-0.2, -0.15) is 0 Å². The molecule has 0 amide bonds. The lowest BCUT2D eigenvalue weighted by molar-refractivity contribution is 0.595. The van der Waals surface area contributed by atoms with Gasteiger partial charge in [0.05, 0.1) is 11.1 Å². The minimum absolute atomic E-state index is 0.410. The van der Waals surface area contributed by atoms with Crippen molar-refractivity contribution in [1.82, 2.24) is 4.72 Å². The van der Waals surface area contributed by atoms with Crippen LogP contribution in [0.2, 0.25) is 0 Å². The van der Waals surface area contributed by atoms with Crippen molar-refractivity contribution in [1.29, 1.82) is 0 Å². The van der Waals surface area contributed by atoms with Crippen LogP contribution in [0.15, 0.2) is 34.9 Å². The summed E-state index contributed by atoms with van der Waals surface area (Å²) in [5, 5.41) is 1.20. The highest BCUT2D eigenvalue weighted by molar-refractivity contribution is 7.92. The first-order chi connectivity index (χ1) is 6.07. The first-order valence-corrected chi connectivity index (χ1v) is 5.75. The molecule has 1 unspecified atom stereocenters. The van der Waals surface area contributed by atoms with Crippen LogP contribution >= 0.6 is 0 Å². The fourth-order valence-electron chi connectivity index (χ4n) is 1.47. The van der Waals surface area contributed by atoms with E-state index in [1.807, 2.05) is 6.08 Å². The van der Waals surface area contributed by atoms with E-state index in [4.69, 9.17) is 0 Å². The summed E-state index contributed by atoms with van der Waals surface area (Å²) >= 11 is 0. The van der Waals surface area contributed by atoms with Crippen LogP contribution in [0.1, 0.15) is 13.3 Å². The van der Waals surface area contributed by atoms with E-state index in [-0.39, 0.29) is 0 Å². The van der Waals surface area contributed by atoms with Crippen LogP contribution in [-0.2, 0) is 10.0 Å². The fourth-order valence-corrected chi connectivity index (χ4v) is 2.36. The molecular weight excluding hydrogens is 186 g/mol. The summed E-state index contributed by atoms with van der Waals surface area (Å²) in [6.07, 6.45) is 6.63. The van der Waals surface area contributed by atoms with Gasteiger partial charge in [0.25, 0.3) is 10.0 Å². The molecule has 0 aromatic heterocycles. The molecule has 2 rings (SSSR count). The molecule has 2 aliphatic rings. The highest BCUT2D eigenvalue weighted by atomic mass is 32.2. The van der Waals surface area contributed by atoms with Crippen molar-refractivity contribution in [2.24, 2.45) is 5.92 Å². The quantitative estimate of drug-likeness (QED) is 0.636. The molecule has 0 radical (unpaired) electrons. The number of fused-ring (bicyclic) bond motifs is 1. The first kappa shape index (κ1) is 8.56. The van der Waals surface area contributed by atoms with Crippen LogP contribution in [0, 0.1) is 5.92 Å². The van der Waals surface area contributed by atoms with Crippen molar-refractivity contribution >= 4 is 10.0 Å². The molecule has 1 atom stereocenters. The molecule has 0 saturated carbocycles. The lowest BCUT2D eigenvalue weighted by atomic mass is 9.96. The highest BCUT2D eigenvalue weighted by Crippen LogP contribution is 2.25. The van der Waals surface area contributed by atoms with Gasteiger partial charge in [0, 0.05) is 0 Å². The van der Waals surface area contributed by atoms with Crippen LogP contribution in [0.4, 0.5) is 0 Å². The normalized spacial score (nSPS) is 29.8. The minimum Gasteiger partial charge on any atom is -0.280 e. The summed E-state index contributed by atoms with van der Waals surface area (Å²) in [4.78, 5) is 0. The van der Waals surface area contributed by atoms with Crippen LogP contribution in [0.5, 0.6) is 0 Å². The number of nitrogens with one attached hydrogen (secondary N) is 1. The second kappa shape index (κ2) is 2.73. The van der Waals surface area contributed by atoms with E-state index in [9.17, 15) is 8.42 Å². The summed E-state index contributed by atoms with van der Waals surface area (Å²) in [7, 11) is -3.22. The summed E-state index contributed by atoms with van der Waals surface area (Å²) < 4.78 is 24.8. The molecule has 13 heavy (non-hydrogen) atoms. The molecule has 70 valence electrons. The Hall–Kier alpha value is -1.03. The van der Waals surface area contributed by atoms with Crippen molar-refractivity contribution in [3.05, 3.63) is 34.9 Å². The molecular formula is C9H11NO2S. The SMILES string of the molecule is CC1C=C2NS(=O)(=O)C=CC2=CC1. The molecule has 0 spiro atoms. The molecule has 0 aromatic rings. The maximum absolute atomic E-state index is 11.1. The predicted octanol–water partition coefficient (Wildman–Crippen LogP) is 1.28. The first-order valence-electron chi connectivity index (χ1n) is 4.20. The zero-order valence-corrected chi connectivity index (χ0v) is 8.14. The standard InChI is InChI=1S/C9H11NO2S/c1-7-2-3-8-4-5-13(11,12)10-9(8)6-7/h3-7,10H,2H2,1H3. The number of sulfonamides is 1. The predicted molar refractivity (Wildman–Crippen MR) is 51.1 cm³/mol. The smallest absolute Gasteiger partial charge is 0.255 e. The van der Waals surface area contributed by atoms with Gasteiger partial charge in [-0.3, -0.25) is 4.72 Å². The Labute approximate surface area is 77.9 Å². The van der Waals surface area contributed by atoms with Crippen molar-refractivity contribution in [3.63, 3.8) is 0 Å². The van der Waals surface area contributed by atoms with Crippen molar-refractivity contribution < 1.29 is 8.42 Å². The summed E-state index contributed by atoms with van der Waals surface area (Å²) in [5.74, 6) is 0.410. The van der Waals surface area contributed by atoms with Crippen LogP contribution < -0.4 is 4.72 Å². The Kier molecular flexibility index (Phi) is 1.80. The molecule has 4 heteroatoms. The van der Waals surface area contributed by atoms with Crippen molar-refractivity contribution in [3.8, 4) is 0 Å². The van der Waals surface area contributed by atoms with Gasteiger partial charge < -0.3 is 0 Å². The van der Waals surface area contributed by atoms with Crippen molar-refractivity contribution in [2.45, 2.75) is 13.3 Å². The third kappa shape index (κ3) is 1.67. The summed E-state index contributed by atoms with van der Waals surface area (Å²) in [6, 6.07) is 0. The number of rotatable bonds is 0. The summed E-state index contributed by atoms with van der Waals surface area (Å²) in [6.45, 7) is 2.06. The highest BCUT2D eigenvalue weighted by Gasteiger charge is 2.19. The van der Waals surface area contributed by atoms with Gasteiger partial charge in [-0.05, 0) is 24.0 Å². The van der Waals surface area contributed by atoms with Gasteiger partial charge in [0.2, 0.25) is 0 Å². The number of hydrogen-bond acceptors (Lipinski definition) is 2. The zero-order valence-electron chi connectivity index (χ0n) is 7.32. The van der Waals surface area contributed by atoms with Crippen molar-refractivity contribution in [2.75, 3.05) is 0 Å². The van der Waals surface area contributed by atoms with E-state index in [0.29, 0.717) is 5.92 Å². The molecule has 1 aliphatic heterocycles. The average Bonchev–Trinajstić information content (AvgIpc) is 2.01. The molecule has 0 bridgehead atoms. The van der Waals surface area contributed by atoms with E-state index in [1.165, 1.54) is 5.41 Å². The van der Waals surface area contributed by atoms with E-state index in [0.717, 1.165) is 17.7 Å². The third-order valence-corrected chi connectivity index (χ3v) is 3.15. The van der Waals surface area contributed by atoms with Gasteiger partial charge in [0.1, 0.15) is 0 Å². The fraction of sp³-hybridized carbons (Fsp3) is 0.333. The Morgan fingerprint density at radius 1 is 1.54 bits per heavy atom. The number of allylic oxidation sites excluding steroid dienone is 3. The second-order valence-electron chi connectivity index (χ2n) is 3.40. The Morgan fingerprint density at radius 3 is 3.08 bits per heavy atom. The van der Waals surface area contributed by atoms with Crippen LogP contribution in [0.3, 0.4) is 0 Å². The molecule has 0 saturated heterocycles. The molecule has 0 fully saturated rings. The van der Waals surface area contributed by atoms with Crippen LogP contribution in [-0.4, -0.2) is 8.42 Å². The van der Waals surface area contributed by atoms with Gasteiger partial charge >= 0.3 is 0 Å². The minimum atomic E-state index is -3.22. The van der Waals surface area contributed by atoms with Gasteiger partial charge in [0.15, 0.2) is 0 Å². The third-order valence-electron chi connectivity index (χ3n) is 2.15. The van der Waals surface area contributed by atoms with E-state index < -0.39 is 10.0 Å².